The number of benzene rings is 2. The zero-order valence-corrected chi connectivity index (χ0v) is 16.6. The summed E-state index contributed by atoms with van der Waals surface area (Å²) in [5.74, 6) is -0.572. The van der Waals surface area contributed by atoms with Crippen LogP contribution >= 0.6 is 11.6 Å². The van der Waals surface area contributed by atoms with E-state index in [0.717, 1.165) is 17.9 Å². The van der Waals surface area contributed by atoms with E-state index in [9.17, 15) is 9.18 Å². The van der Waals surface area contributed by atoms with Crippen molar-refractivity contribution in [2.24, 2.45) is 5.73 Å². The van der Waals surface area contributed by atoms with Crippen LogP contribution in [-0.2, 0) is 6.54 Å². The Morgan fingerprint density at radius 2 is 2.00 bits per heavy atom. The van der Waals surface area contributed by atoms with Gasteiger partial charge in [0.05, 0.1) is 16.9 Å². The van der Waals surface area contributed by atoms with Crippen LogP contribution in [0, 0.1) is 5.82 Å². The Hall–Kier alpha value is -3.72. The van der Waals surface area contributed by atoms with Gasteiger partial charge in [-0.25, -0.2) is 9.07 Å². The number of rotatable bonds is 6. The van der Waals surface area contributed by atoms with Gasteiger partial charge >= 0.3 is 0 Å². The summed E-state index contributed by atoms with van der Waals surface area (Å²) in [6.07, 6.45) is 3.13. The largest absolute Gasteiger partial charge is 0.364 e. The van der Waals surface area contributed by atoms with Crippen LogP contribution in [0.4, 0.5) is 15.8 Å². The molecular weight excluding hydrogens is 409 g/mol. The molecule has 4 aromatic rings. The van der Waals surface area contributed by atoms with E-state index in [1.807, 2.05) is 35.8 Å². The normalized spacial score (nSPS) is 10.9. The van der Waals surface area contributed by atoms with Crippen molar-refractivity contribution in [1.29, 1.82) is 0 Å². The summed E-state index contributed by atoms with van der Waals surface area (Å²) >= 11 is 6.11. The molecule has 0 saturated carbocycles. The van der Waals surface area contributed by atoms with Gasteiger partial charge in [-0.15, -0.1) is 10.2 Å². The highest BCUT2D eigenvalue weighted by molar-refractivity contribution is 6.32. The molecule has 2 heterocycles. The van der Waals surface area contributed by atoms with Gasteiger partial charge in [-0.3, -0.25) is 4.79 Å². The van der Waals surface area contributed by atoms with E-state index in [0.29, 0.717) is 11.4 Å². The lowest BCUT2D eigenvalue weighted by Crippen LogP contribution is -2.14. The molecule has 0 unspecified atom stereocenters. The van der Waals surface area contributed by atoms with Crippen LogP contribution in [0.5, 0.6) is 0 Å². The third kappa shape index (κ3) is 3.62. The number of carbonyl (C=O) groups excluding carboxylic acids is 1. The smallest absolute Gasteiger partial charge is 0.271 e. The molecule has 0 bridgehead atoms. The Balaban J connectivity index is 1.66. The number of hydrogen-bond acceptors (Lipinski definition) is 5. The minimum Gasteiger partial charge on any atom is -0.364 e. The first-order chi connectivity index (χ1) is 14.5. The number of halogens is 2. The summed E-state index contributed by atoms with van der Waals surface area (Å²) in [5.41, 5.74) is 7.35. The average Bonchev–Trinajstić information content (AvgIpc) is 3.36. The molecule has 8 nitrogen and oxygen atoms in total. The number of anilines is 2. The summed E-state index contributed by atoms with van der Waals surface area (Å²) in [5, 5.41) is 15.4. The van der Waals surface area contributed by atoms with Gasteiger partial charge in [-0.05, 0) is 43.3 Å². The second-order valence-corrected chi connectivity index (χ2v) is 6.82. The van der Waals surface area contributed by atoms with Crippen LogP contribution in [0.1, 0.15) is 17.4 Å². The predicted molar refractivity (Wildman–Crippen MR) is 111 cm³/mol. The molecule has 2 aromatic heterocycles. The van der Waals surface area contributed by atoms with Crippen molar-refractivity contribution < 1.29 is 9.18 Å². The topological polar surface area (TPSA) is 104 Å². The van der Waals surface area contributed by atoms with Crippen LogP contribution in [0.3, 0.4) is 0 Å². The SMILES string of the molecule is CCn1cnnc1-c1ccc(Nc2cn(-c3c(F)cccc3Cl)nc2C(N)=O)cc1. The number of aromatic nitrogens is 5. The van der Waals surface area contributed by atoms with Gasteiger partial charge < -0.3 is 15.6 Å². The minimum absolute atomic E-state index is 0.0315. The lowest BCUT2D eigenvalue weighted by atomic mass is 10.2. The Morgan fingerprint density at radius 3 is 2.67 bits per heavy atom. The van der Waals surface area contributed by atoms with Crippen LogP contribution < -0.4 is 11.1 Å². The van der Waals surface area contributed by atoms with Crippen molar-refractivity contribution in [3.63, 3.8) is 0 Å². The number of para-hydroxylation sites is 1. The Kier molecular flexibility index (Phi) is 5.20. The number of primary amides is 1. The highest BCUT2D eigenvalue weighted by atomic mass is 35.5. The van der Waals surface area contributed by atoms with E-state index < -0.39 is 11.7 Å². The van der Waals surface area contributed by atoms with E-state index in [1.54, 1.807) is 6.33 Å². The second-order valence-electron chi connectivity index (χ2n) is 6.41. The second kappa shape index (κ2) is 7.96. The maximum atomic E-state index is 14.3. The van der Waals surface area contributed by atoms with Crippen LogP contribution in [0.2, 0.25) is 5.02 Å². The number of nitrogens with one attached hydrogen (secondary N) is 1. The van der Waals surface area contributed by atoms with Crippen molar-refractivity contribution in [3.8, 4) is 17.1 Å². The molecular formula is C20H17ClFN7O. The van der Waals surface area contributed by atoms with Gasteiger partial charge in [0.25, 0.3) is 5.91 Å². The molecule has 0 aliphatic heterocycles. The van der Waals surface area contributed by atoms with Gasteiger partial charge in [-0.1, -0.05) is 17.7 Å². The summed E-state index contributed by atoms with van der Waals surface area (Å²) in [7, 11) is 0. The van der Waals surface area contributed by atoms with Crippen LogP contribution in [-0.4, -0.2) is 30.5 Å². The van der Waals surface area contributed by atoms with Crippen molar-refractivity contribution in [1.82, 2.24) is 24.5 Å². The number of carbonyl (C=O) groups is 1. The van der Waals surface area contributed by atoms with Gasteiger partial charge in [0.15, 0.2) is 11.5 Å². The first kappa shape index (κ1) is 19.6. The molecule has 10 heteroatoms. The fourth-order valence-electron chi connectivity index (χ4n) is 3.04. The molecule has 1 amide bonds. The van der Waals surface area contributed by atoms with E-state index in [-0.39, 0.29) is 16.4 Å². The van der Waals surface area contributed by atoms with Gasteiger partial charge in [0.1, 0.15) is 17.8 Å². The monoisotopic (exact) mass is 425 g/mol. The number of amides is 1. The summed E-state index contributed by atoms with van der Waals surface area (Å²) in [4.78, 5) is 11.9. The molecule has 0 fully saturated rings. The van der Waals surface area contributed by atoms with E-state index in [4.69, 9.17) is 17.3 Å². The van der Waals surface area contributed by atoms with Crippen molar-refractivity contribution in [2.75, 3.05) is 5.32 Å². The molecule has 152 valence electrons. The lowest BCUT2D eigenvalue weighted by molar-refractivity contribution is 0.0996. The number of nitrogens with two attached hydrogens (primary N) is 1. The standard InChI is InChI=1S/C20H17ClFN7O/c1-2-28-11-24-26-20(28)12-6-8-13(9-7-12)25-16-10-29(27-17(16)19(23)30)18-14(21)4-3-5-15(18)22/h3-11,25H,2H2,1H3,(H2,23,30). The number of hydrogen-bond donors (Lipinski definition) is 2. The zero-order chi connectivity index (χ0) is 21.3. The first-order valence-electron chi connectivity index (χ1n) is 9.07. The Labute approximate surface area is 176 Å². The Bertz CT molecular complexity index is 1200. The molecule has 0 aliphatic carbocycles. The molecule has 30 heavy (non-hydrogen) atoms. The molecule has 2 aromatic carbocycles. The van der Waals surface area contributed by atoms with Crippen LogP contribution in [0.15, 0.2) is 55.0 Å². The van der Waals surface area contributed by atoms with Gasteiger partial charge in [0.2, 0.25) is 0 Å². The molecule has 0 aliphatic rings. The highest BCUT2D eigenvalue weighted by Gasteiger charge is 2.18. The van der Waals surface area contributed by atoms with Gasteiger partial charge in [0, 0.05) is 17.8 Å². The number of aryl methyl sites for hydroxylation is 1. The summed E-state index contributed by atoms with van der Waals surface area (Å²) < 4.78 is 17.4. The third-order valence-corrected chi connectivity index (χ3v) is 4.80. The fraction of sp³-hybridized carbons (Fsp3) is 0.100. The maximum Gasteiger partial charge on any atom is 0.271 e. The lowest BCUT2D eigenvalue weighted by Gasteiger charge is -2.07. The van der Waals surface area contributed by atoms with E-state index in [2.05, 4.69) is 20.6 Å². The van der Waals surface area contributed by atoms with Crippen molar-refractivity contribution >= 4 is 28.9 Å². The van der Waals surface area contributed by atoms with E-state index in [1.165, 1.54) is 29.1 Å². The Morgan fingerprint density at radius 1 is 1.23 bits per heavy atom. The average molecular weight is 426 g/mol. The zero-order valence-electron chi connectivity index (χ0n) is 15.9. The van der Waals surface area contributed by atoms with E-state index >= 15 is 0 Å². The van der Waals surface area contributed by atoms with Gasteiger partial charge in [-0.2, -0.15) is 5.10 Å². The molecule has 0 saturated heterocycles. The van der Waals surface area contributed by atoms with Crippen molar-refractivity contribution in [2.45, 2.75) is 13.5 Å². The predicted octanol–water partition coefficient (Wildman–Crippen LogP) is 3.79. The molecule has 3 N–H and O–H groups in total. The molecule has 0 atom stereocenters. The van der Waals surface area contributed by atoms with Crippen molar-refractivity contribution in [3.05, 3.63) is 71.5 Å². The molecule has 4 rings (SSSR count). The highest BCUT2D eigenvalue weighted by Crippen LogP contribution is 2.28. The fourth-order valence-corrected chi connectivity index (χ4v) is 3.29. The summed E-state index contributed by atoms with van der Waals surface area (Å²) in [6, 6.07) is 11.7. The molecule has 0 spiro atoms. The van der Waals surface area contributed by atoms with Crippen LogP contribution in [0.25, 0.3) is 17.1 Å². The first-order valence-corrected chi connectivity index (χ1v) is 9.45. The maximum absolute atomic E-state index is 14.3. The minimum atomic E-state index is -0.753. The quantitative estimate of drug-likeness (QED) is 0.489. The third-order valence-electron chi connectivity index (χ3n) is 4.49. The molecule has 0 radical (unpaired) electrons. The summed E-state index contributed by atoms with van der Waals surface area (Å²) in [6.45, 7) is 2.76. The number of nitrogens with zero attached hydrogens (tertiary/aromatic N) is 5.